The number of anilines is 2. The molecule has 3 N–H and O–H groups in total. The van der Waals surface area contributed by atoms with Crippen LogP contribution in [0.15, 0.2) is 18.3 Å². The molecule has 0 fully saturated rings. The lowest BCUT2D eigenvalue weighted by atomic mass is 10.4. The van der Waals surface area contributed by atoms with Crippen molar-refractivity contribution in [3.63, 3.8) is 0 Å². The van der Waals surface area contributed by atoms with E-state index in [9.17, 15) is 8.42 Å². The van der Waals surface area contributed by atoms with Crippen LogP contribution in [0.5, 0.6) is 0 Å². The largest absolute Gasteiger partial charge is 0.384 e. The van der Waals surface area contributed by atoms with Gasteiger partial charge in [0.2, 0.25) is 10.0 Å². The Kier molecular flexibility index (Phi) is 3.87. The zero-order valence-corrected chi connectivity index (χ0v) is 9.12. The number of methoxy groups -OCH3 is 1. The quantitative estimate of drug-likeness (QED) is 0.746. The van der Waals surface area contributed by atoms with Gasteiger partial charge < -0.3 is 10.5 Å². The summed E-state index contributed by atoms with van der Waals surface area (Å²) in [6.45, 7) is 0.151. The number of hydrogen-bond acceptors (Lipinski definition) is 5. The molecule has 0 aromatic carbocycles. The summed E-state index contributed by atoms with van der Waals surface area (Å²) in [6.07, 6.45) is 1.36. The Labute approximate surface area is 88.5 Å². The number of pyridine rings is 1. The number of nitrogens with two attached hydrogens (primary N) is 1. The molecule has 0 aliphatic heterocycles. The number of rotatable bonds is 5. The van der Waals surface area contributed by atoms with Crippen molar-refractivity contribution in [2.75, 3.05) is 29.9 Å². The number of nitrogen functional groups attached to an aromatic ring is 1. The predicted molar refractivity (Wildman–Crippen MR) is 57.9 cm³/mol. The second kappa shape index (κ2) is 4.94. The summed E-state index contributed by atoms with van der Waals surface area (Å²) in [5, 5.41) is 0. The van der Waals surface area contributed by atoms with E-state index >= 15 is 0 Å². The van der Waals surface area contributed by atoms with E-state index < -0.39 is 10.0 Å². The van der Waals surface area contributed by atoms with E-state index in [0.29, 0.717) is 11.5 Å². The van der Waals surface area contributed by atoms with Crippen LogP contribution in [0.3, 0.4) is 0 Å². The van der Waals surface area contributed by atoms with E-state index in [2.05, 4.69) is 14.4 Å². The van der Waals surface area contributed by atoms with Gasteiger partial charge in [-0.2, -0.15) is 0 Å². The molecule has 1 heterocycles. The lowest BCUT2D eigenvalue weighted by Gasteiger charge is -2.06. The Balaban J connectivity index is 2.65. The Morgan fingerprint density at radius 1 is 1.53 bits per heavy atom. The van der Waals surface area contributed by atoms with Crippen LogP contribution in [0.25, 0.3) is 0 Å². The van der Waals surface area contributed by atoms with E-state index in [0.717, 1.165) is 0 Å². The highest BCUT2D eigenvalue weighted by molar-refractivity contribution is 7.92. The average Bonchev–Trinajstić information content (AvgIpc) is 2.18. The maximum absolute atomic E-state index is 11.4. The van der Waals surface area contributed by atoms with E-state index in [-0.39, 0.29) is 12.4 Å². The summed E-state index contributed by atoms with van der Waals surface area (Å²) in [4.78, 5) is 3.76. The number of ether oxygens (including phenoxy) is 1. The van der Waals surface area contributed by atoms with E-state index in [1.165, 1.54) is 19.4 Å². The summed E-state index contributed by atoms with van der Waals surface area (Å²) < 4.78 is 29.8. The second-order valence-electron chi connectivity index (χ2n) is 2.89. The van der Waals surface area contributed by atoms with Gasteiger partial charge in [-0.25, -0.2) is 13.4 Å². The van der Waals surface area contributed by atoms with Gasteiger partial charge in [0.1, 0.15) is 5.82 Å². The molecule has 84 valence electrons. The first-order valence-electron chi connectivity index (χ1n) is 4.24. The van der Waals surface area contributed by atoms with Crippen LogP contribution in [0.2, 0.25) is 0 Å². The molecule has 0 bridgehead atoms. The van der Waals surface area contributed by atoms with Crippen LogP contribution >= 0.6 is 0 Å². The fourth-order valence-electron chi connectivity index (χ4n) is 0.889. The van der Waals surface area contributed by atoms with Crippen LogP contribution in [0, 0.1) is 0 Å². The molecule has 0 amide bonds. The van der Waals surface area contributed by atoms with Crippen molar-refractivity contribution in [2.24, 2.45) is 0 Å². The SMILES string of the molecule is COCCS(=O)(=O)Nc1ccc(N)nc1. The minimum Gasteiger partial charge on any atom is -0.384 e. The first-order valence-corrected chi connectivity index (χ1v) is 5.90. The Bertz CT molecular complexity index is 402. The fraction of sp³-hybridized carbons (Fsp3) is 0.375. The van der Waals surface area contributed by atoms with Gasteiger partial charge in [0, 0.05) is 7.11 Å². The van der Waals surface area contributed by atoms with Crippen molar-refractivity contribution in [2.45, 2.75) is 0 Å². The fourth-order valence-corrected chi connectivity index (χ4v) is 1.86. The van der Waals surface area contributed by atoms with Crippen molar-refractivity contribution < 1.29 is 13.2 Å². The lowest BCUT2D eigenvalue weighted by Crippen LogP contribution is -2.19. The van der Waals surface area contributed by atoms with Crippen LogP contribution < -0.4 is 10.5 Å². The molecule has 0 radical (unpaired) electrons. The molecule has 1 aromatic heterocycles. The highest BCUT2D eigenvalue weighted by Crippen LogP contribution is 2.09. The molecule has 6 nitrogen and oxygen atoms in total. The molecule has 7 heteroatoms. The van der Waals surface area contributed by atoms with Gasteiger partial charge in [-0.05, 0) is 12.1 Å². The van der Waals surface area contributed by atoms with Crippen molar-refractivity contribution in [1.82, 2.24) is 4.98 Å². The third-order valence-electron chi connectivity index (χ3n) is 1.62. The van der Waals surface area contributed by atoms with E-state index in [1.54, 1.807) is 6.07 Å². The van der Waals surface area contributed by atoms with Crippen molar-refractivity contribution in [3.8, 4) is 0 Å². The summed E-state index contributed by atoms with van der Waals surface area (Å²) in [5.41, 5.74) is 5.75. The van der Waals surface area contributed by atoms with Gasteiger partial charge in [0.15, 0.2) is 0 Å². The molecule has 15 heavy (non-hydrogen) atoms. The number of hydrogen-bond donors (Lipinski definition) is 2. The monoisotopic (exact) mass is 231 g/mol. The third kappa shape index (κ3) is 4.13. The molecule has 1 rings (SSSR count). The molecular weight excluding hydrogens is 218 g/mol. The van der Waals surface area contributed by atoms with E-state index in [1.807, 2.05) is 0 Å². The standard InChI is InChI=1S/C8H13N3O3S/c1-14-4-5-15(12,13)11-7-2-3-8(9)10-6-7/h2-3,6,11H,4-5H2,1H3,(H2,9,10). The normalized spacial score (nSPS) is 11.3. The number of nitrogens with zero attached hydrogens (tertiary/aromatic N) is 1. The van der Waals surface area contributed by atoms with E-state index in [4.69, 9.17) is 5.73 Å². The molecular formula is C8H13N3O3S. The Morgan fingerprint density at radius 3 is 2.80 bits per heavy atom. The van der Waals surface area contributed by atoms with Crippen molar-refractivity contribution in [1.29, 1.82) is 0 Å². The van der Waals surface area contributed by atoms with Gasteiger partial charge in [-0.15, -0.1) is 0 Å². The van der Waals surface area contributed by atoms with Gasteiger partial charge in [-0.1, -0.05) is 0 Å². The smallest absolute Gasteiger partial charge is 0.235 e. The van der Waals surface area contributed by atoms with Gasteiger partial charge in [0.05, 0.1) is 24.2 Å². The number of aromatic nitrogens is 1. The van der Waals surface area contributed by atoms with Gasteiger partial charge >= 0.3 is 0 Å². The first-order chi connectivity index (χ1) is 7.03. The Morgan fingerprint density at radius 2 is 2.27 bits per heavy atom. The first kappa shape index (κ1) is 11.7. The molecule has 0 unspecified atom stereocenters. The average molecular weight is 231 g/mol. The van der Waals surface area contributed by atoms with Crippen molar-refractivity contribution in [3.05, 3.63) is 18.3 Å². The van der Waals surface area contributed by atoms with Crippen LogP contribution in [-0.2, 0) is 14.8 Å². The second-order valence-corrected chi connectivity index (χ2v) is 4.73. The molecule has 0 saturated heterocycles. The predicted octanol–water partition coefficient (Wildman–Crippen LogP) is 0.0519. The topological polar surface area (TPSA) is 94.3 Å². The third-order valence-corrected chi connectivity index (χ3v) is 2.87. The molecule has 0 atom stereocenters. The molecule has 0 aliphatic carbocycles. The molecule has 0 aliphatic rings. The maximum atomic E-state index is 11.4. The number of nitrogens with one attached hydrogen (secondary N) is 1. The van der Waals surface area contributed by atoms with Gasteiger partial charge in [-0.3, -0.25) is 4.72 Å². The number of sulfonamides is 1. The highest BCUT2D eigenvalue weighted by Gasteiger charge is 2.09. The zero-order chi connectivity index (χ0) is 11.3. The molecule has 0 saturated carbocycles. The highest BCUT2D eigenvalue weighted by atomic mass is 32.2. The minimum atomic E-state index is -3.37. The summed E-state index contributed by atoms with van der Waals surface area (Å²) in [6, 6.07) is 3.07. The maximum Gasteiger partial charge on any atom is 0.235 e. The van der Waals surface area contributed by atoms with Crippen molar-refractivity contribution >= 4 is 21.5 Å². The summed E-state index contributed by atoms with van der Waals surface area (Å²) in [5.74, 6) is 0.253. The summed E-state index contributed by atoms with van der Waals surface area (Å²) >= 11 is 0. The summed E-state index contributed by atoms with van der Waals surface area (Å²) in [7, 11) is -1.92. The van der Waals surface area contributed by atoms with Crippen LogP contribution in [0.4, 0.5) is 11.5 Å². The Hall–Kier alpha value is -1.34. The molecule has 0 spiro atoms. The lowest BCUT2D eigenvalue weighted by molar-refractivity contribution is 0.217. The van der Waals surface area contributed by atoms with Crippen LogP contribution in [0.1, 0.15) is 0 Å². The van der Waals surface area contributed by atoms with Crippen LogP contribution in [-0.4, -0.2) is 32.9 Å². The van der Waals surface area contributed by atoms with Gasteiger partial charge in [0.25, 0.3) is 0 Å². The zero-order valence-electron chi connectivity index (χ0n) is 8.30. The minimum absolute atomic E-state index is 0.0894. The molecule has 1 aromatic rings.